The predicted octanol–water partition coefficient (Wildman–Crippen LogP) is 1.87. The molecule has 0 saturated heterocycles. The predicted molar refractivity (Wildman–Crippen MR) is 82.3 cm³/mol. The quantitative estimate of drug-likeness (QED) is 0.807. The number of nitrogens with one attached hydrogen (secondary N) is 1. The van der Waals surface area contributed by atoms with E-state index in [0.717, 1.165) is 12.0 Å². The molecule has 1 aromatic rings. The lowest BCUT2D eigenvalue weighted by atomic mass is 10.1. The van der Waals surface area contributed by atoms with Crippen molar-refractivity contribution in [3.05, 3.63) is 35.4 Å². The van der Waals surface area contributed by atoms with Crippen LogP contribution in [0.5, 0.6) is 0 Å². The monoisotopic (exact) mass is 276 g/mol. The van der Waals surface area contributed by atoms with Crippen molar-refractivity contribution in [2.45, 2.75) is 18.6 Å². The molecule has 1 unspecified atom stereocenters. The van der Waals surface area contributed by atoms with Crippen molar-refractivity contribution in [2.24, 2.45) is 5.73 Å². The van der Waals surface area contributed by atoms with Gasteiger partial charge >= 0.3 is 0 Å². The second-order valence-corrected chi connectivity index (χ2v) is 5.45. The average Bonchev–Trinajstić information content (AvgIpc) is 2.45. The molecular weight excluding hydrogens is 256 g/mol. The Hall–Kier alpha value is -1.44. The minimum Gasteiger partial charge on any atom is -0.352 e. The summed E-state index contributed by atoms with van der Waals surface area (Å²) in [6.45, 7) is 3.17. The highest BCUT2D eigenvalue weighted by Gasteiger charge is 2.06. The Labute approximate surface area is 119 Å². The van der Waals surface area contributed by atoms with E-state index in [4.69, 9.17) is 5.73 Å². The number of hydrogen-bond acceptors (Lipinski definition) is 3. The zero-order valence-corrected chi connectivity index (χ0v) is 12.2. The summed E-state index contributed by atoms with van der Waals surface area (Å²) in [5.41, 5.74) is 6.78. The van der Waals surface area contributed by atoms with Gasteiger partial charge in [0.1, 0.15) is 0 Å². The van der Waals surface area contributed by atoms with Crippen LogP contribution < -0.4 is 11.1 Å². The molecule has 0 spiro atoms. The molecule has 1 rings (SSSR count). The molecule has 19 heavy (non-hydrogen) atoms. The van der Waals surface area contributed by atoms with Gasteiger partial charge in [-0.25, -0.2) is 0 Å². The normalized spacial score (nSPS) is 11.3. The molecule has 0 saturated carbocycles. The number of rotatable bonds is 5. The van der Waals surface area contributed by atoms with Gasteiger partial charge in [-0.15, -0.1) is 0 Å². The van der Waals surface area contributed by atoms with Gasteiger partial charge in [0.2, 0.25) is 0 Å². The van der Waals surface area contributed by atoms with Gasteiger partial charge in [0.25, 0.3) is 5.91 Å². The minimum atomic E-state index is -0.0512. The van der Waals surface area contributed by atoms with Crippen LogP contribution in [0, 0.1) is 11.8 Å². The van der Waals surface area contributed by atoms with E-state index in [9.17, 15) is 4.79 Å². The Morgan fingerprint density at radius 3 is 3.00 bits per heavy atom. The van der Waals surface area contributed by atoms with Crippen LogP contribution in [0.2, 0.25) is 0 Å². The summed E-state index contributed by atoms with van der Waals surface area (Å²) >= 11 is 1.80. The molecule has 1 aromatic carbocycles. The second kappa shape index (κ2) is 8.63. The fraction of sp³-hybridized carbons (Fsp3) is 0.400. The topological polar surface area (TPSA) is 55.1 Å². The summed E-state index contributed by atoms with van der Waals surface area (Å²) in [6, 6.07) is 7.28. The van der Waals surface area contributed by atoms with Crippen molar-refractivity contribution >= 4 is 17.7 Å². The highest BCUT2D eigenvalue weighted by atomic mass is 32.2. The third kappa shape index (κ3) is 5.82. The molecule has 0 radical (unpaired) electrons. The molecule has 102 valence electrons. The van der Waals surface area contributed by atoms with Gasteiger partial charge in [0.15, 0.2) is 0 Å². The maximum atomic E-state index is 11.9. The Balaban J connectivity index is 2.57. The molecule has 3 N–H and O–H groups in total. The van der Waals surface area contributed by atoms with Crippen molar-refractivity contribution < 1.29 is 4.79 Å². The van der Waals surface area contributed by atoms with Crippen LogP contribution in [0.1, 0.15) is 29.3 Å². The fourth-order valence-corrected chi connectivity index (χ4v) is 1.85. The van der Waals surface area contributed by atoms with E-state index in [-0.39, 0.29) is 5.91 Å². The number of carbonyl (C=O) groups is 1. The fourth-order valence-electron chi connectivity index (χ4n) is 1.50. The van der Waals surface area contributed by atoms with Crippen LogP contribution in [0.3, 0.4) is 0 Å². The number of nitrogens with two attached hydrogens (primary N) is 1. The van der Waals surface area contributed by atoms with Gasteiger partial charge in [0, 0.05) is 22.9 Å². The SMILES string of the molecule is CSC(C)CCNC(=O)c1cccc(C#CCN)c1. The van der Waals surface area contributed by atoms with Gasteiger partial charge in [0.05, 0.1) is 6.54 Å². The van der Waals surface area contributed by atoms with Gasteiger partial charge in [-0.2, -0.15) is 11.8 Å². The van der Waals surface area contributed by atoms with E-state index in [1.165, 1.54) is 0 Å². The lowest BCUT2D eigenvalue weighted by Gasteiger charge is -2.09. The Morgan fingerprint density at radius 2 is 2.32 bits per heavy atom. The first-order chi connectivity index (χ1) is 9.17. The Kier molecular flexibility index (Phi) is 7.09. The summed E-state index contributed by atoms with van der Waals surface area (Å²) in [7, 11) is 0. The van der Waals surface area contributed by atoms with Crippen molar-refractivity contribution in [3.8, 4) is 11.8 Å². The van der Waals surface area contributed by atoms with Gasteiger partial charge in [-0.3, -0.25) is 4.79 Å². The lowest BCUT2D eigenvalue weighted by Crippen LogP contribution is -2.26. The average molecular weight is 276 g/mol. The largest absolute Gasteiger partial charge is 0.352 e. The molecule has 0 aliphatic rings. The van der Waals surface area contributed by atoms with E-state index in [0.29, 0.717) is 23.9 Å². The summed E-state index contributed by atoms with van der Waals surface area (Å²) in [5.74, 6) is 5.65. The lowest BCUT2D eigenvalue weighted by molar-refractivity contribution is 0.0953. The zero-order chi connectivity index (χ0) is 14.1. The molecule has 0 bridgehead atoms. The van der Waals surface area contributed by atoms with E-state index in [1.807, 2.05) is 12.1 Å². The van der Waals surface area contributed by atoms with Gasteiger partial charge in [-0.1, -0.05) is 24.8 Å². The molecular formula is C15H20N2OS. The zero-order valence-electron chi connectivity index (χ0n) is 11.4. The first-order valence-corrected chi connectivity index (χ1v) is 7.56. The van der Waals surface area contributed by atoms with Crippen molar-refractivity contribution in [2.75, 3.05) is 19.3 Å². The van der Waals surface area contributed by atoms with Crippen LogP contribution in [0.4, 0.5) is 0 Å². The number of benzene rings is 1. The van der Waals surface area contributed by atoms with Gasteiger partial charge < -0.3 is 11.1 Å². The van der Waals surface area contributed by atoms with Crippen LogP contribution >= 0.6 is 11.8 Å². The second-order valence-electron chi connectivity index (χ2n) is 4.18. The standard InChI is InChI=1S/C15H20N2OS/c1-12(19-2)8-10-17-15(18)14-7-3-5-13(11-14)6-4-9-16/h3,5,7,11-12H,8-10,16H2,1-2H3,(H,17,18). The van der Waals surface area contributed by atoms with Crippen LogP contribution in [0.15, 0.2) is 24.3 Å². The molecule has 0 fully saturated rings. The maximum Gasteiger partial charge on any atom is 0.251 e. The summed E-state index contributed by atoms with van der Waals surface area (Å²) in [4.78, 5) is 11.9. The molecule has 3 nitrogen and oxygen atoms in total. The first kappa shape index (κ1) is 15.6. The van der Waals surface area contributed by atoms with Crippen molar-refractivity contribution in [1.82, 2.24) is 5.32 Å². The van der Waals surface area contributed by atoms with E-state index >= 15 is 0 Å². The van der Waals surface area contributed by atoms with E-state index in [2.05, 4.69) is 30.3 Å². The Morgan fingerprint density at radius 1 is 1.53 bits per heavy atom. The third-order valence-corrected chi connectivity index (χ3v) is 3.74. The van der Waals surface area contributed by atoms with Crippen LogP contribution in [-0.4, -0.2) is 30.5 Å². The van der Waals surface area contributed by atoms with Crippen molar-refractivity contribution in [1.29, 1.82) is 0 Å². The van der Waals surface area contributed by atoms with Crippen LogP contribution in [0.25, 0.3) is 0 Å². The molecule has 0 aromatic heterocycles. The molecule has 0 heterocycles. The van der Waals surface area contributed by atoms with E-state index < -0.39 is 0 Å². The molecule has 4 heteroatoms. The van der Waals surface area contributed by atoms with Crippen LogP contribution in [-0.2, 0) is 0 Å². The highest BCUT2D eigenvalue weighted by molar-refractivity contribution is 7.99. The molecule has 1 amide bonds. The van der Waals surface area contributed by atoms with Gasteiger partial charge in [-0.05, 0) is 30.9 Å². The maximum absolute atomic E-state index is 11.9. The number of thioether (sulfide) groups is 1. The van der Waals surface area contributed by atoms with Crippen molar-refractivity contribution in [3.63, 3.8) is 0 Å². The number of hydrogen-bond donors (Lipinski definition) is 2. The highest BCUT2D eigenvalue weighted by Crippen LogP contribution is 2.08. The van der Waals surface area contributed by atoms with E-state index in [1.54, 1.807) is 23.9 Å². The first-order valence-electron chi connectivity index (χ1n) is 6.27. The summed E-state index contributed by atoms with van der Waals surface area (Å²) < 4.78 is 0. The summed E-state index contributed by atoms with van der Waals surface area (Å²) in [6.07, 6.45) is 3.05. The Bertz CT molecular complexity index is 477. The molecule has 1 atom stereocenters. The number of amides is 1. The minimum absolute atomic E-state index is 0.0512. The molecule has 0 aliphatic carbocycles. The third-order valence-electron chi connectivity index (χ3n) is 2.70. The number of carbonyl (C=O) groups excluding carboxylic acids is 1. The summed E-state index contributed by atoms with van der Waals surface area (Å²) in [5, 5.41) is 3.48. The molecule has 0 aliphatic heterocycles. The smallest absolute Gasteiger partial charge is 0.251 e.